The lowest BCUT2D eigenvalue weighted by Gasteiger charge is -2.45. The molecule has 1 fully saturated rings. The maximum Gasteiger partial charge on any atom is 0.333 e. The fourth-order valence-electron chi connectivity index (χ4n) is 3.15. The van der Waals surface area contributed by atoms with E-state index in [4.69, 9.17) is 28.4 Å². The van der Waals surface area contributed by atoms with Gasteiger partial charge in [0.1, 0.15) is 18.8 Å². The number of carbonyl (C=O) groups excluding carboxylic acids is 5. The van der Waals surface area contributed by atoms with E-state index in [0.29, 0.717) is 5.57 Å². The van der Waals surface area contributed by atoms with Gasteiger partial charge in [-0.05, 0) is 6.92 Å². The van der Waals surface area contributed by atoms with E-state index in [-0.39, 0.29) is 6.61 Å². The predicted octanol–water partition coefficient (Wildman–Crippen LogP) is -0.512. The van der Waals surface area contributed by atoms with Gasteiger partial charge in [0, 0.05) is 39.3 Å². The van der Waals surface area contributed by atoms with Crippen molar-refractivity contribution in [1.82, 2.24) is 5.32 Å². The quantitative estimate of drug-likeness (QED) is 0.400. The standard InChI is InChI=1S/C19H25NO11/c1-8-6-14(25)30-18(8)31-19-15(20-9(2)21)17(28-12(5)24)16(27-11(4)23)13(29-19)7-26-10(3)22/h6,13,15-19H,7H2,1-5H3,(H,20,21)/t13-,15-,16-,17-,18-,19+/m1/s1. The van der Waals surface area contributed by atoms with Crippen LogP contribution in [0.4, 0.5) is 0 Å². The number of rotatable bonds is 7. The number of carbonyl (C=O) groups is 5. The zero-order valence-electron chi connectivity index (χ0n) is 17.7. The van der Waals surface area contributed by atoms with E-state index in [1.165, 1.54) is 19.9 Å². The lowest BCUT2D eigenvalue weighted by molar-refractivity contribution is -0.303. The molecule has 172 valence electrons. The zero-order valence-corrected chi connectivity index (χ0v) is 17.7. The molecule has 0 aromatic heterocycles. The Kier molecular flexibility index (Phi) is 8.11. The molecule has 1 saturated heterocycles. The summed E-state index contributed by atoms with van der Waals surface area (Å²) in [5.41, 5.74) is 0.442. The fraction of sp³-hybridized carbons (Fsp3) is 0.632. The largest absolute Gasteiger partial charge is 0.463 e. The summed E-state index contributed by atoms with van der Waals surface area (Å²) >= 11 is 0. The molecule has 2 heterocycles. The molecule has 2 aliphatic rings. The smallest absolute Gasteiger partial charge is 0.333 e. The molecular formula is C19H25NO11. The first kappa shape index (κ1) is 24.3. The van der Waals surface area contributed by atoms with Crippen LogP contribution in [0.2, 0.25) is 0 Å². The SMILES string of the molecule is CC(=O)N[C@H]1[C@H](O[C@H]2OC(=O)C=C2C)O[C@H](COC(C)=O)[C@@H](OC(C)=O)[C@@H]1OC(C)=O. The van der Waals surface area contributed by atoms with Crippen LogP contribution in [0.15, 0.2) is 11.6 Å². The topological polar surface area (TPSA) is 153 Å². The highest BCUT2D eigenvalue weighted by Crippen LogP contribution is 2.30. The fourth-order valence-corrected chi connectivity index (χ4v) is 3.15. The highest BCUT2D eigenvalue weighted by atomic mass is 16.8. The number of cyclic esters (lactones) is 1. The molecule has 31 heavy (non-hydrogen) atoms. The van der Waals surface area contributed by atoms with Crippen molar-refractivity contribution in [1.29, 1.82) is 0 Å². The van der Waals surface area contributed by atoms with Crippen LogP contribution in [-0.4, -0.2) is 73.3 Å². The van der Waals surface area contributed by atoms with Gasteiger partial charge < -0.3 is 33.7 Å². The lowest BCUT2D eigenvalue weighted by atomic mass is 9.96. The number of ether oxygens (including phenoxy) is 6. The van der Waals surface area contributed by atoms with Crippen LogP contribution in [0.3, 0.4) is 0 Å². The molecule has 0 radical (unpaired) electrons. The second-order valence-electron chi connectivity index (χ2n) is 7.01. The maximum absolute atomic E-state index is 11.8. The van der Waals surface area contributed by atoms with E-state index < -0.39 is 66.7 Å². The first-order valence-corrected chi connectivity index (χ1v) is 9.42. The molecule has 0 aromatic rings. The van der Waals surface area contributed by atoms with Crippen molar-refractivity contribution < 1.29 is 52.4 Å². The van der Waals surface area contributed by atoms with E-state index in [1.54, 1.807) is 6.92 Å². The minimum Gasteiger partial charge on any atom is -0.463 e. The monoisotopic (exact) mass is 443 g/mol. The Morgan fingerprint density at radius 1 is 1.00 bits per heavy atom. The van der Waals surface area contributed by atoms with Crippen molar-refractivity contribution in [2.45, 2.75) is 71.6 Å². The van der Waals surface area contributed by atoms with Crippen LogP contribution in [0.25, 0.3) is 0 Å². The summed E-state index contributed by atoms with van der Waals surface area (Å²) in [6.07, 6.45) is -4.83. The van der Waals surface area contributed by atoms with E-state index in [2.05, 4.69) is 5.32 Å². The summed E-state index contributed by atoms with van der Waals surface area (Å²) < 4.78 is 32.2. The Labute approximate surface area is 178 Å². The number of hydrogen-bond donors (Lipinski definition) is 1. The molecule has 1 N–H and O–H groups in total. The van der Waals surface area contributed by atoms with Gasteiger partial charge in [-0.1, -0.05) is 0 Å². The Bertz CT molecular complexity index is 777. The van der Waals surface area contributed by atoms with Crippen molar-refractivity contribution in [3.05, 3.63) is 11.6 Å². The highest BCUT2D eigenvalue weighted by molar-refractivity contribution is 5.85. The van der Waals surface area contributed by atoms with Gasteiger partial charge in [0.15, 0.2) is 18.5 Å². The molecular weight excluding hydrogens is 418 g/mol. The molecule has 0 aliphatic carbocycles. The molecule has 6 atom stereocenters. The molecule has 2 rings (SSSR count). The van der Waals surface area contributed by atoms with Gasteiger partial charge in [0.05, 0.1) is 0 Å². The van der Waals surface area contributed by atoms with Crippen molar-refractivity contribution in [2.75, 3.05) is 6.61 Å². The second kappa shape index (κ2) is 10.4. The average molecular weight is 443 g/mol. The van der Waals surface area contributed by atoms with Crippen molar-refractivity contribution >= 4 is 29.8 Å². The van der Waals surface area contributed by atoms with E-state index in [1.807, 2.05) is 0 Å². The number of amides is 1. The zero-order chi connectivity index (χ0) is 23.3. The predicted molar refractivity (Wildman–Crippen MR) is 98.7 cm³/mol. The second-order valence-corrected chi connectivity index (χ2v) is 7.01. The molecule has 1 amide bonds. The summed E-state index contributed by atoms with van der Waals surface area (Å²) in [5, 5.41) is 2.55. The minimum atomic E-state index is -1.32. The third kappa shape index (κ3) is 6.76. The Hall–Kier alpha value is -2.99. The Balaban J connectivity index is 2.40. The third-order valence-electron chi connectivity index (χ3n) is 4.27. The summed E-state index contributed by atoms with van der Waals surface area (Å²) in [7, 11) is 0. The molecule has 0 unspecified atom stereocenters. The molecule has 12 nitrogen and oxygen atoms in total. The van der Waals surface area contributed by atoms with Crippen LogP contribution < -0.4 is 5.32 Å². The number of nitrogens with one attached hydrogen (secondary N) is 1. The first-order valence-electron chi connectivity index (χ1n) is 9.42. The molecule has 0 aromatic carbocycles. The molecule has 2 aliphatic heterocycles. The number of hydrogen-bond acceptors (Lipinski definition) is 11. The van der Waals surface area contributed by atoms with Gasteiger partial charge in [-0.3, -0.25) is 19.2 Å². The van der Waals surface area contributed by atoms with Crippen molar-refractivity contribution in [3.8, 4) is 0 Å². The van der Waals surface area contributed by atoms with E-state index >= 15 is 0 Å². The first-order chi connectivity index (χ1) is 14.5. The van der Waals surface area contributed by atoms with Crippen LogP contribution in [0, 0.1) is 0 Å². The van der Waals surface area contributed by atoms with Gasteiger partial charge in [0.2, 0.25) is 12.2 Å². The summed E-state index contributed by atoms with van der Waals surface area (Å²) in [6, 6.07) is -1.15. The van der Waals surface area contributed by atoms with Crippen LogP contribution in [-0.2, 0) is 52.4 Å². The normalized spacial score (nSPS) is 30.0. The molecule has 0 bridgehead atoms. The van der Waals surface area contributed by atoms with E-state index in [9.17, 15) is 24.0 Å². The third-order valence-corrected chi connectivity index (χ3v) is 4.27. The van der Waals surface area contributed by atoms with Crippen molar-refractivity contribution in [3.63, 3.8) is 0 Å². The van der Waals surface area contributed by atoms with Gasteiger partial charge in [-0.25, -0.2) is 4.79 Å². The minimum absolute atomic E-state index is 0.364. The summed E-state index contributed by atoms with van der Waals surface area (Å²) in [5.74, 6) is -3.22. The Morgan fingerprint density at radius 3 is 2.10 bits per heavy atom. The van der Waals surface area contributed by atoms with Crippen LogP contribution >= 0.6 is 0 Å². The molecule has 12 heteroatoms. The van der Waals surface area contributed by atoms with Gasteiger partial charge in [0.25, 0.3) is 0 Å². The van der Waals surface area contributed by atoms with Crippen molar-refractivity contribution in [2.24, 2.45) is 0 Å². The molecule has 0 saturated carbocycles. The van der Waals surface area contributed by atoms with Gasteiger partial charge in [-0.2, -0.15) is 0 Å². The Morgan fingerprint density at radius 2 is 1.61 bits per heavy atom. The average Bonchev–Trinajstić information content (AvgIpc) is 2.94. The summed E-state index contributed by atoms with van der Waals surface area (Å²) in [6.45, 7) is 5.88. The van der Waals surface area contributed by atoms with E-state index in [0.717, 1.165) is 13.8 Å². The van der Waals surface area contributed by atoms with Crippen LogP contribution in [0.1, 0.15) is 34.6 Å². The lowest BCUT2D eigenvalue weighted by Crippen LogP contribution is -2.67. The van der Waals surface area contributed by atoms with Crippen LogP contribution in [0.5, 0.6) is 0 Å². The maximum atomic E-state index is 11.8. The summed E-state index contributed by atoms with van der Waals surface area (Å²) in [4.78, 5) is 58.1. The number of esters is 4. The highest BCUT2D eigenvalue weighted by Gasteiger charge is 2.52. The van der Waals surface area contributed by atoms with Gasteiger partial charge in [-0.15, -0.1) is 0 Å². The van der Waals surface area contributed by atoms with Gasteiger partial charge >= 0.3 is 23.9 Å². The molecule has 0 spiro atoms.